The molecule has 8 rings (SSSR count). The number of hydrogen-bond donors (Lipinski definition) is 4. The first-order chi connectivity index (χ1) is 35.6. The molecule has 4 heterocycles. The SMILES string of the molecule is CCN1C(=O)C[C@H](C(=O)NCCOC2CCC(OCCCC(=O)NC3CCC(C(=O)N[C@@H]4C[C@H](N(C)C(C)C)CC[C@@H]4N4CC[C@H](Nc5ncnc6ccc(C(F)(F)F)cc56)C4=O)CC3)CC2)[C@H]1c1cccnc1. The molecule has 2 aliphatic heterocycles. The van der Waals surface area contributed by atoms with E-state index >= 15 is 0 Å². The number of hydrogen-bond acceptors (Lipinski definition) is 12. The minimum atomic E-state index is -4.55. The van der Waals surface area contributed by atoms with Gasteiger partial charge in [0.1, 0.15) is 18.2 Å². The summed E-state index contributed by atoms with van der Waals surface area (Å²) in [6.07, 6.45) is 10.2. The Hall–Kier alpha value is -5.47. The van der Waals surface area contributed by atoms with Crippen molar-refractivity contribution < 1.29 is 46.6 Å². The van der Waals surface area contributed by atoms with E-state index < -0.39 is 23.7 Å². The molecule has 0 bridgehead atoms. The molecule has 0 spiro atoms. The summed E-state index contributed by atoms with van der Waals surface area (Å²) in [7, 11) is 2.09. The van der Waals surface area contributed by atoms with Crippen molar-refractivity contribution in [1.82, 2.24) is 45.6 Å². The number of benzene rings is 1. The van der Waals surface area contributed by atoms with Crippen molar-refractivity contribution in [1.29, 1.82) is 0 Å². The van der Waals surface area contributed by atoms with Crippen molar-refractivity contribution in [2.45, 2.75) is 178 Å². The molecule has 3 saturated carbocycles. The summed E-state index contributed by atoms with van der Waals surface area (Å²) < 4.78 is 53.1. The van der Waals surface area contributed by atoms with Gasteiger partial charge in [-0.05, 0) is 141 Å². The van der Waals surface area contributed by atoms with Crippen LogP contribution in [0.3, 0.4) is 0 Å². The Labute approximate surface area is 432 Å². The van der Waals surface area contributed by atoms with Crippen molar-refractivity contribution in [3.8, 4) is 0 Å². The summed E-state index contributed by atoms with van der Waals surface area (Å²) in [5.41, 5.74) is 0.373. The Morgan fingerprint density at radius 1 is 0.892 bits per heavy atom. The topological polar surface area (TPSA) is 200 Å². The van der Waals surface area contributed by atoms with E-state index in [9.17, 15) is 37.1 Å². The molecule has 6 atom stereocenters. The fourth-order valence-corrected chi connectivity index (χ4v) is 12.0. The average molecular weight is 1030 g/mol. The number of carbonyl (C=O) groups excluding carboxylic acids is 5. The first-order valence-corrected chi connectivity index (χ1v) is 27.0. The normalized spacial score (nSPS) is 27.7. The number of halogens is 3. The van der Waals surface area contributed by atoms with Crippen LogP contribution in [0.25, 0.3) is 10.9 Å². The lowest BCUT2D eigenvalue weighted by Gasteiger charge is -2.45. The van der Waals surface area contributed by atoms with Crippen molar-refractivity contribution >= 4 is 46.3 Å². The highest BCUT2D eigenvalue weighted by atomic mass is 19.4. The third-order valence-electron chi connectivity index (χ3n) is 16.3. The summed E-state index contributed by atoms with van der Waals surface area (Å²) in [6, 6.07) is 5.96. The summed E-state index contributed by atoms with van der Waals surface area (Å²) in [5, 5.41) is 12.9. The number of likely N-dealkylation sites (tertiary alicyclic amines) is 2. The molecule has 5 amide bonds. The Kier molecular flexibility index (Phi) is 18.4. The number of pyridine rings is 1. The second-order valence-corrected chi connectivity index (χ2v) is 21.3. The molecule has 2 saturated heterocycles. The molecule has 4 N–H and O–H groups in total. The van der Waals surface area contributed by atoms with Gasteiger partial charge in [-0.1, -0.05) is 6.07 Å². The zero-order valence-corrected chi connectivity index (χ0v) is 43.3. The maximum atomic E-state index is 14.1. The van der Waals surface area contributed by atoms with Crippen LogP contribution < -0.4 is 21.3 Å². The highest BCUT2D eigenvalue weighted by Crippen LogP contribution is 2.39. The summed E-state index contributed by atoms with van der Waals surface area (Å²) >= 11 is 0. The zero-order chi connectivity index (χ0) is 52.5. The van der Waals surface area contributed by atoms with E-state index in [4.69, 9.17) is 9.47 Å². The minimum absolute atomic E-state index is 0.0108. The van der Waals surface area contributed by atoms with Crippen molar-refractivity contribution in [2.75, 3.05) is 45.2 Å². The Morgan fingerprint density at radius 3 is 2.32 bits per heavy atom. The molecule has 2 aromatic heterocycles. The number of ether oxygens (including phenoxy) is 2. The van der Waals surface area contributed by atoms with Crippen molar-refractivity contribution in [3.63, 3.8) is 0 Å². The van der Waals surface area contributed by atoms with Crippen LogP contribution in [-0.2, 0) is 39.6 Å². The monoisotopic (exact) mass is 1030 g/mol. The molecule has 17 nitrogen and oxygen atoms in total. The maximum absolute atomic E-state index is 14.1. The molecule has 5 aliphatic rings. The molecule has 5 fully saturated rings. The molecule has 404 valence electrons. The quantitative estimate of drug-likeness (QED) is 0.0919. The predicted octanol–water partition coefficient (Wildman–Crippen LogP) is 6.33. The largest absolute Gasteiger partial charge is 0.416 e. The number of aromatic nitrogens is 3. The van der Waals surface area contributed by atoms with E-state index in [2.05, 4.69) is 62.0 Å². The van der Waals surface area contributed by atoms with Gasteiger partial charge in [-0.2, -0.15) is 13.2 Å². The molecular formula is C54H75F3N10O7. The molecule has 3 aromatic rings. The number of alkyl halides is 3. The van der Waals surface area contributed by atoms with Gasteiger partial charge in [-0.25, -0.2) is 9.97 Å². The van der Waals surface area contributed by atoms with Crippen LogP contribution in [0.1, 0.15) is 134 Å². The van der Waals surface area contributed by atoms with Gasteiger partial charge in [0.2, 0.25) is 29.5 Å². The fourth-order valence-electron chi connectivity index (χ4n) is 12.0. The van der Waals surface area contributed by atoms with Crippen molar-refractivity contribution in [2.24, 2.45) is 11.8 Å². The second-order valence-electron chi connectivity index (χ2n) is 21.3. The Bertz CT molecular complexity index is 2400. The van der Waals surface area contributed by atoms with Gasteiger partial charge in [0.25, 0.3) is 0 Å². The van der Waals surface area contributed by atoms with Gasteiger partial charge in [-0.15, -0.1) is 0 Å². The standard InChI is InChI=1S/C54H75F3N10O7/c1-5-66-48(69)30-42(49(66)35-8-6-23-58-31-35)52(71)59-24-27-74-40-18-16-39(17-19-40)73-26-7-9-47(68)62-37-13-10-34(11-14-37)51(70)64-45-29-38(65(4)33(2)3)15-21-46(45)67-25-22-44(53(67)72)63-50-41-28-36(54(55,56)57)12-20-43(41)60-32-61-50/h6,8,12,20,23,28,31-34,37-40,42,44-46,49H,5,7,9-11,13-19,21-22,24-27,29-30H2,1-4H3,(H,59,71)(H,62,68)(H,64,70)(H,60,61,63)/t34?,37?,38-,39?,40?,42+,44+,45-,46+,49-/m1/s1. The molecule has 0 radical (unpaired) electrons. The number of fused-ring (bicyclic) bond motifs is 1. The van der Waals surface area contributed by atoms with Gasteiger partial charge in [0.05, 0.1) is 53.9 Å². The average Bonchev–Trinajstić information content (AvgIpc) is 3.94. The lowest BCUT2D eigenvalue weighted by atomic mass is 9.82. The number of nitrogens with zero attached hydrogens (tertiary/aromatic N) is 6. The zero-order valence-electron chi connectivity index (χ0n) is 43.3. The molecule has 20 heteroatoms. The van der Waals surface area contributed by atoms with Crippen LogP contribution in [0.4, 0.5) is 19.0 Å². The third-order valence-corrected chi connectivity index (χ3v) is 16.3. The Balaban J connectivity index is 0.723. The predicted molar refractivity (Wildman–Crippen MR) is 271 cm³/mol. The molecule has 1 aromatic carbocycles. The highest BCUT2D eigenvalue weighted by molar-refractivity contribution is 5.93. The lowest BCUT2D eigenvalue weighted by Crippen LogP contribution is -2.59. The first-order valence-electron chi connectivity index (χ1n) is 27.0. The van der Waals surface area contributed by atoms with Crippen LogP contribution in [-0.4, -0.2) is 148 Å². The smallest absolute Gasteiger partial charge is 0.378 e. The number of nitrogens with one attached hydrogen (secondary N) is 4. The number of rotatable bonds is 20. The van der Waals surface area contributed by atoms with Gasteiger partial charge in [-0.3, -0.25) is 29.0 Å². The third kappa shape index (κ3) is 13.5. The van der Waals surface area contributed by atoms with Crippen LogP contribution in [0.15, 0.2) is 49.1 Å². The fraction of sp³-hybridized carbons (Fsp3) is 0.667. The van der Waals surface area contributed by atoms with Crippen LogP contribution in [0, 0.1) is 11.8 Å². The van der Waals surface area contributed by atoms with E-state index in [1.807, 2.05) is 24.0 Å². The Morgan fingerprint density at radius 2 is 1.64 bits per heavy atom. The van der Waals surface area contributed by atoms with E-state index in [-0.39, 0.29) is 95.5 Å². The van der Waals surface area contributed by atoms with Crippen LogP contribution >= 0.6 is 0 Å². The minimum Gasteiger partial charge on any atom is -0.378 e. The summed E-state index contributed by atoms with van der Waals surface area (Å²) in [6.45, 7) is 8.40. The van der Waals surface area contributed by atoms with E-state index in [1.165, 1.54) is 12.4 Å². The number of anilines is 1. The van der Waals surface area contributed by atoms with Gasteiger partial charge in [0, 0.05) is 80.9 Å². The summed E-state index contributed by atoms with van der Waals surface area (Å²) in [5.74, 6) is -0.930. The molecule has 0 unspecified atom stereocenters. The highest BCUT2D eigenvalue weighted by Gasteiger charge is 2.46. The number of amides is 5. The van der Waals surface area contributed by atoms with Crippen LogP contribution in [0.2, 0.25) is 0 Å². The van der Waals surface area contributed by atoms with Crippen LogP contribution in [0.5, 0.6) is 0 Å². The molecule has 3 aliphatic carbocycles. The molecular weight excluding hydrogens is 958 g/mol. The van der Waals surface area contributed by atoms with Gasteiger partial charge >= 0.3 is 6.18 Å². The lowest BCUT2D eigenvalue weighted by molar-refractivity contribution is -0.137. The first kappa shape index (κ1) is 54.8. The molecule has 74 heavy (non-hydrogen) atoms. The van der Waals surface area contributed by atoms with E-state index in [0.29, 0.717) is 102 Å². The van der Waals surface area contributed by atoms with Gasteiger partial charge in [0.15, 0.2) is 0 Å². The van der Waals surface area contributed by atoms with Crippen molar-refractivity contribution in [3.05, 3.63) is 60.2 Å². The van der Waals surface area contributed by atoms with Gasteiger partial charge < -0.3 is 45.4 Å². The maximum Gasteiger partial charge on any atom is 0.416 e. The van der Waals surface area contributed by atoms with E-state index in [0.717, 1.165) is 49.8 Å². The summed E-state index contributed by atoms with van der Waals surface area (Å²) in [4.78, 5) is 85.5. The number of carbonyl (C=O) groups is 5. The second kappa shape index (κ2) is 24.9. The van der Waals surface area contributed by atoms with E-state index in [1.54, 1.807) is 17.3 Å².